The van der Waals surface area contributed by atoms with E-state index in [2.05, 4.69) is 12.2 Å². The van der Waals surface area contributed by atoms with Gasteiger partial charge in [-0.25, -0.2) is 4.79 Å². The van der Waals surface area contributed by atoms with Crippen LogP contribution >= 0.6 is 0 Å². The van der Waals surface area contributed by atoms with Crippen molar-refractivity contribution >= 4 is 12.0 Å². The number of aliphatic carboxylic acids is 1. The molecule has 5 nitrogen and oxygen atoms in total. The monoisotopic (exact) mass is 242 g/mol. The molecule has 0 saturated carbocycles. The number of nitrogens with one attached hydrogen (secondary N) is 1. The first-order chi connectivity index (χ1) is 7.93. The van der Waals surface area contributed by atoms with Gasteiger partial charge in [0, 0.05) is 19.1 Å². The molecule has 1 saturated heterocycles. The number of carboxylic acids is 1. The quantitative estimate of drug-likeness (QED) is 0.788. The predicted octanol–water partition coefficient (Wildman–Crippen LogP) is 1.54. The van der Waals surface area contributed by atoms with Crippen LogP contribution < -0.4 is 5.32 Å². The van der Waals surface area contributed by atoms with Crippen LogP contribution in [0.2, 0.25) is 0 Å². The zero-order valence-corrected chi connectivity index (χ0v) is 10.8. The number of nitrogens with zero attached hydrogens (tertiary/aromatic N) is 1. The van der Waals surface area contributed by atoms with Gasteiger partial charge in [0.05, 0.1) is 5.92 Å². The average Bonchev–Trinajstić information content (AvgIpc) is 2.29. The largest absolute Gasteiger partial charge is 0.481 e. The Morgan fingerprint density at radius 1 is 1.47 bits per heavy atom. The maximum Gasteiger partial charge on any atom is 0.317 e. The first kappa shape index (κ1) is 13.8. The third-order valence-corrected chi connectivity index (χ3v) is 3.62. The van der Waals surface area contributed by atoms with Crippen molar-refractivity contribution in [2.24, 2.45) is 11.8 Å². The molecule has 17 heavy (non-hydrogen) atoms. The molecule has 0 radical (unpaired) electrons. The number of carboxylic acid groups (broad SMARTS) is 1. The Labute approximate surface area is 102 Å². The van der Waals surface area contributed by atoms with Crippen molar-refractivity contribution in [1.29, 1.82) is 0 Å². The molecule has 0 spiro atoms. The molecule has 2 amide bonds. The fourth-order valence-electron chi connectivity index (χ4n) is 2.05. The molecule has 1 fully saturated rings. The van der Waals surface area contributed by atoms with Gasteiger partial charge in [-0.2, -0.15) is 0 Å². The SMILES string of the molecule is CC(CNC(=O)N1CCCC(C)C1C)C(=O)O. The zero-order chi connectivity index (χ0) is 13.0. The van der Waals surface area contributed by atoms with E-state index < -0.39 is 11.9 Å². The maximum absolute atomic E-state index is 11.9. The Morgan fingerprint density at radius 3 is 2.71 bits per heavy atom. The highest BCUT2D eigenvalue weighted by atomic mass is 16.4. The molecule has 0 bridgehead atoms. The summed E-state index contributed by atoms with van der Waals surface area (Å²) in [5.41, 5.74) is 0. The van der Waals surface area contributed by atoms with E-state index in [-0.39, 0.29) is 18.6 Å². The molecule has 0 aliphatic carbocycles. The Hall–Kier alpha value is -1.26. The van der Waals surface area contributed by atoms with E-state index in [0.717, 1.165) is 19.4 Å². The van der Waals surface area contributed by atoms with Crippen molar-refractivity contribution in [3.8, 4) is 0 Å². The summed E-state index contributed by atoms with van der Waals surface area (Å²) in [5, 5.41) is 11.4. The minimum atomic E-state index is -0.884. The van der Waals surface area contributed by atoms with Crippen molar-refractivity contribution in [3.63, 3.8) is 0 Å². The van der Waals surface area contributed by atoms with Crippen molar-refractivity contribution in [1.82, 2.24) is 10.2 Å². The van der Waals surface area contributed by atoms with Gasteiger partial charge in [-0.3, -0.25) is 4.79 Å². The van der Waals surface area contributed by atoms with E-state index in [1.807, 2.05) is 11.8 Å². The van der Waals surface area contributed by atoms with E-state index in [1.165, 1.54) is 0 Å². The van der Waals surface area contributed by atoms with Crippen molar-refractivity contribution < 1.29 is 14.7 Å². The van der Waals surface area contributed by atoms with Gasteiger partial charge in [-0.15, -0.1) is 0 Å². The summed E-state index contributed by atoms with van der Waals surface area (Å²) in [7, 11) is 0. The van der Waals surface area contributed by atoms with Crippen LogP contribution in [0.15, 0.2) is 0 Å². The van der Waals surface area contributed by atoms with Crippen LogP contribution in [0.4, 0.5) is 4.79 Å². The molecule has 0 aromatic carbocycles. The van der Waals surface area contributed by atoms with Crippen LogP contribution in [0.1, 0.15) is 33.6 Å². The van der Waals surface area contributed by atoms with E-state index in [4.69, 9.17) is 5.11 Å². The lowest BCUT2D eigenvalue weighted by atomic mass is 9.92. The van der Waals surface area contributed by atoms with E-state index in [0.29, 0.717) is 5.92 Å². The van der Waals surface area contributed by atoms with Gasteiger partial charge in [0.15, 0.2) is 0 Å². The van der Waals surface area contributed by atoms with E-state index in [1.54, 1.807) is 6.92 Å². The minimum Gasteiger partial charge on any atom is -0.481 e. The van der Waals surface area contributed by atoms with Crippen LogP contribution in [0.3, 0.4) is 0 Å². The third kappa shape index (κ3) is 3.61. The minimum absolute atomic E-state index is 0.142. The molecule has 2 N–H and O–H groups in total. The molecule has 1 heterocycles. The number of hydrogen-bond donors (Lipinski definition) is 2. The zero-order valence-electron chi connectivity index (χ0n) is 10.8. The molecule has 5 heteroatoms. The molecule has 1 aliphatic heterocycles. The van der Waals surface area contributed by atoms with E-state index in [9.17, 15) is 9.59 Å². The third-order valence-electron chi connectivity index (χ3n) is 3.62. The number of urea groups is 1. The fourth-order valence-corrected chi connectivity index (χ4v) is 2.05. The summed E-state index contributed by atoms with van der Waals surface area (Å²) in [6.45, 7) is 6.73. The molecule has 3 atom stereocenters. The lowest BCUT2D eigenvalue weighted by Crippen LogP contribution is -2.51. The van der Waals surface area contributed by atoms with Gasteiger partial charge in [0.1, 0.15) is 0 Å². The molecule has 0 aromatic heterocycles. The van der Waals surface area contributed by atoms with Gasteiger partial charge in [0.2, 0.25) is 0 Å². The first-order valence-electron chi connectivity index (χ1n) is 6.20. The first-order valence-corrected chi connectivity index (χ1v) is 6.20. The smallest absolute Gasteiger partial charge is 0.317 e. The Bertz CT molecular complexity index is 293. The molecule has 0 aromatic rings. The number of carbonyl (C=O) groups excluding carboxylic acids is 1. The van der Waals surface area contributed by atoms with Gasteiger partial charge in [-0.1, -0.05) is 13.8 Å². The van der Waals surface area contributed by atoms with E-state index >= 15 is 0 Å². The highest BCUT2D eigenvalue weighted by Gasteiger charge is 2.28. The van der Waals surface area contributed by atoms with Crippen LogP contribution in [0.5, 0.6) is 0 Å². The Balaban J connectivity index is 2.44. The molecule has 1 rings (SSSR count). The van der Waals surface area contributed by atoms with Crippen LogP contribution in [-0.2, 0) is 4.79 Å². The number of likely N-dealkylation sites (tertiary alicyclic amines) is 1. The summed E-state index contributed by atoms with van der Waals surface area (Å²) in [5.74, 6) is -0.923. The number of carbonyl (C=O) groups is 2. The lowest BCUT2D eigenvalue weighted by molar-refractivity contribution is -0.140. The van der Waals surface area contributed by atoms with Crippen molar-refractivity contribution in [3.05, 3.63) is 0 Å². The van der Waals surface area contributed by atoms with Crippen LogP contribution in [0, 0.1) is 11.8 Å². The highest BCUT2D eigenvalue weighted by Crippen LogP contribution is 2.22. The topological polar surface area (TPSA) is 69.6 Å². The summed E-state index contributed by atoms with van der Waals surface area (Å²) in [4.78, 5) is 24.4. The second kappa shape index (κ2) is 5.89. The Kier molecular flexibility index (Phi) is 4.78. The molecular weight excluding hydrogens is 220 g/mol. The molecule has 98 valence electrons. The molecule has 1 aliphatic rings. The summed E-state index contributed by atoms with van der Waals surface area (Å²) in [6.07, 6.45) is 2.17. The van der Waals surface area contributed by atoms with Crippen LogP contribution in [-0.4, -0.2) is 41.1 Å². The Morgan fingerprint density at radius 2 is 2.12 bits per heavy atom. The van der Waals surface area contributed by atoms with Crippen molar-refractivity contribution in [2.75, 3.05) is 13.1 Å². The fraction of sp³-hybridized carbons (Fsp3) is 0.833. The standard InChI is InChI=1S/C12H22N2O3/c1-8-5-4-6-14(10(8)3)12(17)13-7-9(2)11(15)16/h8-10H,4-7H2,1-3H3,(H,13,17)(H,15,16). The summed E-state index contributed by atoms with van der Waals surface area (Å²) in [6, 6.07) is 0.0843. The van der Waals surface area contributed by atoms with Crippen LogP contribution in [0.25, 0.3) is 0 Å². The lowest BCUT2D eigenvalue weighted by Gasteiger charge is -2.37. The van der Waals surface area contributed by atoms with Gasteiger partial charge in [0.25, 0.3) is 0 Å². The number of piperidine rings is 1. The second-order valence-corrected chi connectivity index (χ2v) is 4.98. The number of rotatable bonds is 3. The predicted molar refractivity (Wildman–Crippen MR) is 64.8 cm³/mol. The van der Waals surface area contributed by atoms with Gasteiger partial charge >= 0.3 is 12.0 Å². The summed E-state index contributed by atoms with van der Waals surface area (Å²) >= 11 is 0. The summed E-state index contributed by atoms with van der Waals surface area (Å²) < 4.78 is 0. The number of hydrogen-bond acceptors (Lipinski definition) is 2. The number of amides is 2. The van der Waals surface area contributed by atoms with Crippen molar-refractivity contribution in [2.45, 2.75) is 39.7 Å². The van der Waals surface area contributed by atoms with Gasteiger partial charge in [-0.05, 0) is 25.7 Å². The van der Waals surface area contributed by atoms with Gasteiger partial charge < -0.3 is 15.3 Å². The second-order valence-electron chi connectivity index (χ2n) is 4.98. The molecular formula is C12H22N2O3. The normalized spacial score (nSPS) is 26.4. The average molecular weight is 242 g/mol. The maximum atomic E-state index is 11.9. The highest BCUT2D eigenvalue weighted by molar-refractivity contribution is 5.76. The molecule has 3 unspecified atom stereocenters.